The van der Waals surface area contributed by atoms with E-state index in [1.54, 1.807) is 0 Å². The van der Waals surface area contributed by atoms with Crippen LogP contribution < -0.4 is 5.32 Å². The van der Waals surface area contributed by atoms with E-state index in [1.165, 1.54) is 22.1 Å². The highest BCUT2D eigenvalue weighted by Crippen LogP contribution is 2.34. The number of rotatable bonds is 5. The molecule has 5 nitrogen and oxygen atoms in total. The first-order chi connectivity index (χ1) is 14.7. The van der Waals surface area contributed by atoms with Crippen molar-refractivity contribution in [2.75, 3.05) is 0 Å². The molecule has 4 aromatic rings. The fourth-order valence-corrected chi connectivity index (χ4v) is 4.54. The number of fused-ring (bicyclic) bond motifs is 1. The van der Waals surface area contributed by atoms with Crippen LogP contribution >= 0.6 is 0 Å². The average molecular weight is 399 g/mol. The van der Waals surface area contributed by atoms with Crippen LogP contribution in [0.4, 0.5) is 0 Å². The highest BCUT2D eigenvalue weighted by molar-refractivity contribution is 5.85. The number of aromatic nitrogens is 3. The van der Waals surface area contributed by atoms with E-state index >= 15 is 0 Å². The Labute approximate surface area is 176 Å². The summed E-state index contributed by atoms with van der Waals surface area (Å²) in [5.74, 6) is 0.134. The fourth-order valence-electron chi connectivity index (χ4n) is 4.54. The van der Waals surface area contributed by atoms with Gasteiger partial charge in [-0.3, -0.25) is 9.48 Å². The van der Waals surface area contributed by atoms with Gasteiger partial charge in [0.15, 0.2) is 0 Å². The number of hydrogen-bond donors (Lipinski definition) is 2. The summed E-state index contributed by atoms with van der Waals surface area (Å²) in [4.78, 5) is 15.0. The van der Waals surface area contributed by atoms with Gasteiger partial charge in [0.05, 0.1) is 11.7 Å². The van der Waals surface area contributed by atoms with Gasteiger partial charge in [-0.2, -0.15) is 5.10 Å². The molecule has 2 heterocycles. The summed E-state index contributed by atoms with van der Waals surface area (Å²) in [5.41, 5.74) is 5.85. The molecule has 0 saturated heterocycles. The van der Waals surface area contributed by atoms with Crippen LogP contribution in [0.15, 0.2) is 67.0 Å². The minimum absolute atomic E-state index is 0.134. The number of aromatic amines is 1. The van der Waals surface area contributed by atoms with Gasteiger partial charge in [0, 0.05) is 30.4 Å². The summed E-state index contributed by atoms with van der Waals surface area (Å²) in [5, 5.41) is 8.98. The predicted molar refractivity (Wildman–Crippen MR) is 120 cm³/mol. The topological polar surface area (TPSA) is 62.7 Å². The van der Waals surface area contributed by atoms with Gasteiger partial charge < -0.3 is 10.3 Å². The van der Waals surface area contributed by atoms with Crippen molar-refractivity contribution in [3.8, 4) is 22.4 Å². The van der Waals surface area contributed by atoms with Gasteiger partial charge in [-0.25, -0.2) is 0 Å². The second-order valence-electron chi connectivity index (χ2n) is 8.10. The number of amides is 1. The third kappa shape index (κ3) is 3.52. The van der Waals surface area contributed by atoms with Gasteiger partial charge in [-0.1, -0.05) is 43.3 Å². The molecule has 2 atom stereocenters. The molecule has 0 aliphatic heterocycles. The van der Waals surface area contributed by atoms with Crippen molar-refractivity contribution in [1.29, 1.82) is 0 Å². The lowest BCUT2D eigenvalue weighted by molar-refractivity contribution is -0.121. The van der Waals surface area contributed by atoms with E-state index in [-0.39, 0.29) is 11.9 Å². The number of nitrogens with one attached hydrogen (secondary N) is 2. The summed E-state index contributed by atoms with van der Waals surface area (Å²) in [6.45, 7) is 1.90. The van der Waals surface area contributed by atoms with Crippen molar-refractivity contribution >= 4 is 16.8 Å². The van der Waals surface area contributed by atoms with Crippen LogP contribution in [0, 0.1) is 0 Å². The predicted octanol–water partition coefficient (Wildman–Crippen LogP) is 5.32. The van der Waals surface area contributed by atoms with Crippen molar-refractivity contribution in [3.63, 3.8) is 0 Å². The summed E-state index contributed by atoms with van der Waals surface area (Å²) in [6.07, 6.45) is 7.37. The Kier molecular flexibility index (Phi) is 4.87. The zero-order valence-electron chi connectivity index (χ0n) is 17.1. The molecule has 1 aliphatic carbocycles. The fraction of sp³-hybridized carbons (Fsp3) is 0.280. The summed E-state index contributed by atoms with van der Waals surface area (Å²) < 4.78 is 2.14. The molecule has 2 N–H and O–H groups in total. The highest BCUT2D eigenvalue weighted by atomic mass is 16.1. The molecule has 5 rings (SSSR count). The van der Waals surface area contributed by atoms with Gasteiger partial charge in [-0.05, 0) is 59.5 Å². The molecule has 2 aromatic heterocycles. The monoisotopic (exact) mass is 398 g/mol. The van der Waals surface area contributed by atoms with Crippen molar-refractivity contribution in [2.24, 2.45) is 0 Å². The van der Waals surface area contributed by atoms with Crippen LogP contribution in [0.25, 0.3) is 33.3 Å². The SMILES string of the molecule is CCC(=O)NC1CCC(n2nccc2-c2ccc(-c3ccc4cc[nH]c4c3)cc2)C1. The molecule has 0 spiro atoms. The summed E-state index contributed by atoms with van der Waals surface area (Å²) in [6, 6.07) is 20.0. The van der Waals surface area contributed by atoms with Crippen LogP contribution in [-0.2, 0) is 4.79 Å². The van der Waals surface area contributed by atoms with E-state index in [1.807, 2.05) is 19.3 Å². The van der Waals surface area contributed by atoms with Crippen molar-refractivity contribution in [3.05, 3.63) is 67.0 Å². The first-order valence-electron chi connectivity index (χ1n) is 10.7. The number of carbonyl (C=O) groups is 1. The lowest BCUT2D eigenvalue weighted by Gasteiger charge is -2.16. The molecule has 0 radical (unpaired) electrons. The molecule has 1 fully saturated rings. The zero-order valence-corrected chi connectivity index (χ0v) is 17.1. The van der Waals surface area contributed by atoms with Crippen LogP contribution in [0.5, 0.6) is 0 Å². The zero-order chi connectivity index (χ0) is 20.5. The van der Waals surface area contributed by atoms with Crippen molar-refractivity contribution < 1.29 is 4.79 Å². The van der Waals surface area contributed by atoms with Gasteiger partial charge in [0.25, 0.3) is 0 Å². The van der Waals surface area contributed by atoms with Gasteiger partial charge in [0.2, 0.25) is 5.91 Å². The lowest BCUT2D eigenvalue weighted by Crippen LogP contribution is -2.32. The molecule has 152 valence electrons. The molecular weight excluding hydrogens is 372 g/mol. The van der Waals surface area contributed by atoms with Crippen LogP contribution in [0.2, 0.25) is 0 Å². The van der Waals surface area contributed by atoms with E-state index in [0.29, 0.717) is 12.5 Å². The van der Waals surface area contributed by atoms with Crippen LogP contribution in [0.1, 0.15) is 38.6 Å². The minimum Gasteiger partial charge on any atom is -0.361 e. The quantitative estimate of drug-likeness (QED) is 0.478. The molecular formula is C25H26N4O. The van der Waals surface area contributed by atoms with E-state index < -0.39 is 0 Å². The number of carbonyl (C=O) groups excluding carboxylic acids is 1. The molecule has 1 aliphatic rings. The molecule has 2 aromatic carbocycles. The Morgan fingerprint density at radius 1 is 1.07 bits per heavy atom. The number of nitrogens with zero attached hydrogens (tertiary/aromatic N) is 2. The van der Waals surface area contributed by atoms with E-state index in [9.17, 15) is 4.79 Å². The van der Waals surface area contributed by atoms with Crippen molar-refractivity contribution in [1.82, 2.24) is 20.1 Å². The molecule has 1 amide bonds. The first-order valence-corrected chi connectivity index (χ1v) is 10.7. The average Bonchev–Trinajstić information content (AvgIpc) is 3.53. The van der Waals surface area contributed by atoms with Gasteiger partial charge in [-0.15, -0.1) is 0 Å². The van der Waals surface area contributed by atoms with Gasteiger partial charge >= 0.3 is 0 Å². The number of benzene rings is 2. The minimum atomic E-state index is 0.134. The molecule has 0 bridgehead atoms. The third-order valence-corrected chi connectivity index (χ3v) is 6.18. The Morgan fingerprint density at radius 2 is 1.87 bits per heavy atom. The Morgan fingerprint density at radius 3 is 2.70 bits per heavy atom. The normalized spacial score (nSPS) is 18.7. The summed E-state index contributed by atoms with van der Waals surface area (Å²) >= 11 is 0. The van der Waals surface area contributed by atoms with Crippen LogP contribution in [0.3, 0.4) is 0 Å². The highest BCUT2D eigenvalue weighted by Gasteiger charge is 2.28. The van der Waals surface area contributed by atoms with Crippen molar-refractivity contribution in [2.45, 2.75) is 44.7 Å². The second kappa shape index (κ2) is 7.82. The largest absolute Gasteiger partial charge is 0.361 e. The summed E-state index contributed by atoms with van der Waals surface area (Å²) in [7, 11) is 0. The van der Waals surface area contributed by atoms with E-state index in [0.717, 1.165) is 30.5 Å². The third-order valence-electron chi connectivity index (χ3n) is 6.18. The maximum absolute atomic E-state index is 11.7. The molecule has 30 heavy (non-hydrogen) atoms. The second-order valence-corrected chi connectivity index (χ2v) is 8.10. The Bertz CT molecular complexity index is 1170. The maximum atomic E-state index is 11.7. The lowest BCUT2D eigenvalue weighted by atomic mass is 10.0. The maximum Gasteiger partial charge on any atom is 0.219 e. The molecule has 1 saturated carbocycles. The van der Waals surface area contributed by atoms with Gasteiger partial charge in [0.1, 0.15) is 0 Å². The van der Waals surface area contributed by atoms with Crippen LogP contribution in [-0.4, -0.2) is 26.7 Å². The van der Waals surface area contributed by atoms with E-state index in [2.05, 4.69) is 74.7 Å². The molecule has 5 heteroatoms. The number of hydrogen-bond acceptors (Lipinski definition) is 2. The first kappa shape index (κ1) is 18.7. The smallest absolute Gasteiger partial charge is 0.219 e. The standard InChI is InChI=1S/C25H26N4O/c1-2-25(30)28-21-9-10-22(16-21)29-24(12-14-27-29)19-6-3-17(4-7-19)20-8-5-18-11-13-26-23(18)15-20/h3-8,11-15,21-22,26H,2,9-10,16H2,1H3,(H,28,30). The molecule has 2 unspecified atom stereocenters. The number of H-pyrrole nitrogens is 1. The Hall–Kier alpha value is -3.34. The van der Waals surface area contributed by atoms with E-state index in [4.69, 9.17) is 0 Å². The Balaban J connectivity index is 1.36.